The van der Waals surface area contributed by atoms with Crippen LogP contribution in [0.3, 0.4) is 0 Å². The van der Waals surface area contributed by atoms with E-state index >= 15 is 0 Å². The van der Waals surface area contributed by atoms with Crippen molar-refractivity contribution < 1.29 is 0 Å². The van der Waals surface area contributed by atoms with Crippen LogP contribution in [-0.4, -0.2) is 0 Å². The van der Waals surface area contributed by atoms with Crippen molar-refractivity contribution in [2.45, 2.75) is 74.7 Å². The molecule has 0 aliphatic heterocycles. The highest BCUT2D eigenvalue weighted by molar-refractivity contribution is 5.23. The molecular weight excluding hydrogens is 276 g/mol. The molecule has 0 heterocycles. The van der Waals surface area contributed by atoms with Crippen LogP contribution >= 0.6 is 0 Å². The van der Waals surface area contributed by atoms with Crippen LogP contribution < -0.4 is 0 Å². The molecule has 0 bridgehead atoms. The summed E-state index contributed by atoms with van der Waals surface area (Å²) in [5.41, 5.74) is 5.42. The van der Waals surface area contributed by atoms with Crippen LogP contribution in [0.1, 0.15) is 76.1 Å². The van der Waals surface area contributed by atoms with Crippen molar-refractivity contribution in [2.75, 3.05) is 0 Å². The molecule has 0 nitrogen and oxygen atoms in total. The summed E-state index contributed by atoms with van der Waals surface area (Å²) in [5, 5.41) is 0. The quantitative estimate of drug-likeness (QED) is 0.502. The standard InChI is InChI=1S/C10H14.C8H10.C3H8.C2H6/c1-8(2)10-6-4-9(3)5-7-10;1-7-3-5-8(2)6-4-7;1-3-2;1-2/h4-8H,1-3H3;3-6H,1-2H3;3H2,1-2H3;1-2H3. The van der Waals surface area contributed by atoms with Gasteiger partial charge < -0.3 is 0 Å². The molecule has 0 saturated heterocycles. The molecule has 2 aromatic carbocycles. The lowest BCUT2D eigenvalue weighted by molar-refractivity contribution is 0.866. The minimum atomic E-state index is 0.653. The number of hydrogen-bond acceptors (Lipinski definition) is 0. The first-order chi connectivity index (χ1) is 10.9. The maximum atomic E-state index is 2.21. The lowest BCUT2D eigenvalue weighted by atomic mass is 10.0. The third-order valence-corrected chi connectivity index (χ3v) is 2.96. The molecule has 0 aromatic heterocycles. The normalized spacial score (nSPS) is 8.78. The van der Waals surface area contributed by atoms with Crippen LogP contribution in [0.25, 0.3) is 0 Å². The second kappa shape index (κ2) is 15.3. The van der Waals surface area contributed by atoms with Crippen LogP contribution in [0.5, 0.6) is 0 Å². The summed E-state index contributed by atoms with van der Waals surface area (Å²) < 4.78 is 0. The van der Waals surface area contributed by atoms with Gasteiger partial charge in [0.1, 0.15) is 0 Å². The van der Waals surface area contributed by atoms with E-state index in [9.17, 15) is 0 Å². The van der Waals surface area contributed by atoms with Gasteiger partial charge in [-0.2, -0.15) is 0 Å². The molecule has 0 saturated carbocycles. The molecule has 0 atom stereocenters. The monoisotopic (exact) mass is 314 g/mol. The Morgan fingerprint density at radius 1 is 0.609 bits per heavy atom. The Balaban J connectivity index is 0. The van der Waals surface area contributed by atoms with Gasteiger partial charge in [-0.15, -0.1) is 0 Å². The van der Waals surface area contributed by atoms with Crippen molar-refractivity contribution >= 4 is 0 Å². The largest absolute Gasteiger partial charge is 0.0683 e. The number of benzene rings is 2. The smallest absolute Gasteiger partial charge is 0.0219 e. The lowest BCUT2D eigenvalue weighted by Crippen LogP contribution is -1.85. The first kappa shape index (κ1) is 23.7. The van der Waals surface area contributed by atoms with E-state index < -0.39 is 0 Å². The molecule has 0 amide bonds. The van der Waals surface area contributed by atoms with Crippen molar-refractivity contribution in [3.63, 3.8) is 0 Å². The minimum absolute atomic E-state index is 0.653. The van der Waals surface area contributed by atoms with E-state index in [0.717, 1.165) is 0 Å². The van der Waals surface area contributed by atoms with Gasteiger partial charge in [0, 0.05) is 0 Å². The van der Waals surface area contributed by atoms with E-state index in [1.54, 1.807) is 0 Å². The summed E-state index contributed by atoms with van der Waals surface area (Å²) in [4.78, 5) is 0. The molecule has 130 valence electrons. The Morgan fingerprint density at radius 2 is 0.826 bits per heavy atom. The highest BCUT2D eigenvalue weighted by atomic mass is 14.0. The summed E-state index contributed by atoms with van der Waals surface area (Å²) in [6.45, 7) is 19.0. The Bertz CT molecular complexity index is 439. The molecule has 2 rings (SSSR count). The predicted octanol–water partition coefficient (Wildman–Crippen LogP) is 7.86. The fraction of sp³-hybridized carbons (Fsp3) is 0.478. The Labute approximate surface area is 146 Å². The van der Waals surface area contributed by atoms with E-state index in [-0.39, 0.29) is 0 Å². The number of hydrogen-bond donors (Lipinski definition) is 0. The zero-order valence-corrected chi connectivity index (χ0v) is 16.9. The Morgan fingerprint density at radius 3 is 1.04 bits per heavy atom. The number of rotatable bonds is 1. The SMILES string of the molecule is CC.CCC.Cc1ccc(C(C)C)cc1.Cc1ccc(C)cc1. The molecule has 23 heavy (non-hydrogen) atoms. The van der Waals surface area contributed by atoms with Gasteiger partial charge in [-0.25, -0.2) is 0 Å². The van der Waals surface area contributed by atoms with Gasteiger partial charge in [-0.1, -0.05) is 113 Å². The van der Waals surface area contributed by atoms with Gasteiger partial charge in [-0.3, -0.25) is 0 Å². The topological polar surface area (TPSA) is 0 Å². The van der Waals surface area contributed by atoms with Crippen molar-refractivity contribution in [3.05, 3.63) is 70.8 Å². The third-order valence-electron chi connectivity index (χ3n) is 2.96. The zero-order valence-electron chi connectivity index (χ0n) is 16.9. The lowest BCUT2D eigenvalue weighted by Gasteiger charge is -2.03. The van der Waals surface area contributed by atoms with Gasteiger partial charge in [0.05, 0.1) is 0 Å². The van der Waals surface area contributed by atoms with Crippen molar-refractivity contribution in [1.82, 2.24) is 0 Å². The second-order valence-electron chi connectivity index (χ2n) is 5.93. The Kier molecular flexibility index (Phi) is 15.8. The molecule has 0 aliphatic rings. The predicted molar refractivity (Wildman–Crippen MR) is 108 cm³/mol. The fourth-order valence-corrected chi connectivity index (χ4v) is 1.59. The van der Waals surface area contributed by atoms with Crippen LogP contribution in [0.15, 0.2) is 48.5 Å². The average molecular weight is 315 g/mol. The summed E-state index contributed by atoms with van der Waals surface area (Å²) in [7, 11) is 0. The first-order valence-electron chi connectivity index (χ1n) is 9.00. The van der Waals surface area contributed by atoms with Crippen LogP contribution in [-0.2, 0) is 0 Å². The average Bonchev–Trinajstić information content (AvgIpc) is 2.54. The molecule has 0 fully saturated rings. The van der Waals surface area contributed by atoms with Crippen molar-refractivity contribution in [3.8, 4) is 0 Å². The van der Waals surface area contributed by atoms with E-state index in [1.807, 2.05) is 13.8 Å². The van der Waals surface area contributed by atoms with Crippen molar-refractivity contribution in [1.29, 1.82) is 0 Å². The van der Waals surface area contributed by atoms with Crippen molar-refractivity contribution in [2.24, 2.45) is 0 Å². The van der Waals surface area contributed by atoms with Crippen LogP contribution in [0, 0.1) is 20.8 Å². The number of aryl methyl sites for hydroxylation is 3. The summed E-state index contributed by atoms with van der Waals surface area (Å²) in [6, 6.07) is 17.2. The highest BCUT2D eigenvalue weighted by Crippen LogP contribution is 2.13. The van der Waals surface area contributed by atoms with Crippen LogP contribution in [0.2, 0.25) is 0 Å². The molecule has 2 aromatic rings. The van der Waals surface area contributed by atoms with Gasteiger partial charge in [0.2, 0.25) is 0 Å². The fourth-order valence-electron chi connectivity index (χ4n) is 1.59. The molecular formula is C23H38. The van der Waals surface area contributed by atoms with Gasteiger partial charge in [0.15, 0.2) is 0 Å². The van der Waals surface area contributed by atoms with E-state index in [0.29, 0.717) is 5.92 Å². The van der Waals surface area contributed by atoms with Crippen LogP contribution in [0.4, 0.5) is 0 Å². The zero-order chi connectivity index (χ0) is 18.3. The van der Waals surface area contributed by atoms with Gasteiger partial charge in [0.25, 0.3) is 0 Å². The van der Waals surface area contributed by atoms with E-state index in [4.69, 9.17) is 0 Å². The van der Waals surface area contributed by atoms with E-state index in [1.165, 1.54) is 28.7 Å². The Hall–Kier alpha value is -1.56. The maximum Gasteiger partial charge on any atom is -0.0219 e. The highest BCUT2D eigenvalue weighted by Gasteiger charge is 1.95. The third kappa shape index (κ3) is 13.8. The molecule has 0 aliphatic carbocycles. The maximum absolute atomic E-state index is 2.21. The van der Waals surface area contributed by atoms with Gasteiger partial charge >= 0.3 is 0 Å². The second-order valence-corrected chi connectivity index (χ2v) is 5.93. The summed E-state index contributed by atoms with van der Waals surface area (Å²) in [6.07, 6.45) is 1.25. The van der Waals surface area contributed by atoms with Gasteiger partial charge in [-0.05, 0) is 32.3 Å². The molecule has 0 radical (unpaired) electrons. The molecule has 0 unspecified atom stereocenters. The molecule has 0 spiro atoms. The summed E-state index contributed by atoms with van der Waals surface area (Å²) in [5.74, 6) is 0.653. The molecule has 0 heteroatoms. The first-order valence-corrected chi connectivity index (χ1v) is 9.00. The minimum Gasteiger partial charge on any atom is -0.0683 e. The summed E-state index contributed by atoms with van der Waals surface area (Å²) >= 11 is 0. The van der Waals surface area contributed by atoms with E-state index in [2.05, 4.69) is 97.0 Å². The molecule has 0 N–H and O–H groups in total.